The van der Waals surface area contributed by atoms with Crippen molar-refractivity contribution in [2.24, 2.45) is 0 Å². The average molecular weight is 263 g/mol. The molecule has 1 aliphatic rings. The molecule has 3 rings (SSSR count). The van der Waals surface area contributed by atoms with Gasteiger partial charge < -0.3 is 4.74 Å². The van der Waals surface area contributed by atoms with E-state index in [0.717, 1.165) is 30.0 Å². The second-order valence-electron chi connectivity index (χ2n) is 4.27. The van der Waals surface area contributed by atoms with Crippen LogP contribution in [0.2, 0.25) is 0 Å². The molecular weight excluding hydrogens is 252 g/mol. The highest BCUT2D eigenvalue weighted by atomic mass is 35.5. The van der Waals surface area contributed by atoms with E-state index < -0.39 is 5.24 Å². The summed E-state index contributed by atoms with van der Waals surface area (Å²) in [4.78, 5) is 11.2. The predicted octanol–water partition coefficient (Wildman–Crippen LogP) is 2.49. The van der Waals surface area contributed by atoms with Gasteiger partial charge in [0.1, 0.15) is 11.4 Å². The van der Waals surface area contributed by atoms with Gasteiger partial charge in [-0.3, -0.25) is 4.79 Å². The summed E-state index contributed by atoms with van der Waals surface area (Å²) in [5.41, 5.74) is 3.14. The van der Waals surface area contributed by atoms with Crippen molar-refractivity contribution in [2.45, 2.75) is 13.3 Å². The molecule has 0 fully saturated rings. The number of hydrogen-bond acceptors (Lipinski definition) is 3. The number of rotatable bonds is 2. The largest absolute Gasteiger partial charge is 0.493 e. The van der Waals surface area contributed by atoms with Crippen LogP contribution in [0.15, 0.2) is 24.4 Å². The van der Waals surface area contributed by atoms with Crippen LogP contribution in [0.25, 0.3) is 5.69 Å². The van der Waals surface area contributed by atoms with Gasteiger partial charge in [-0.05, 0) is 47.9 Å². The maximum Gasteiger partial charge on any atom is 0.272 e. The highest BCUT2D eigenvalue weighted by Crippen LogP contribution is 2.27. The molecule has 0 atom stereocenters. The third kappa shape index (κ3) is 1.78. The van der Waals surface area contributed by atoms with Crippen molar-refractivity contribution in [2.75, 3.05) is 6.61 Å². The van der Waals surface area contributed by atoms with E-state index in [2.05, 4.69) is 5.10 Å². The van der Waals surface area contributed by atoms with Crippen LogP contribution in [-0.2, 0) is 6.42 Å². The van der Waals surface area contributed by atoms with Gasteiger partial charge in [0, 0.05) is 12.6 Å². The molecule has 0 saturated carbocycles. The molecular formula is C13H11ClN2O2. The highest BCUT2D eigenvalue weighted by Gasteiger charge is 2.15. The molecule has 5 heteroatoms. The fourth-order valence-electron chi connectivity index (χ4n) is 2.10. The first kappa shape index (κ1) is 11.3. The summed E-state index contributed by atoms with van der Waals surface area (Å²) in [5, 5.41) is 3.67. The van der Waals surface area contributed by atoms with Crippen molar-refractivity contribution in [3.05, 3.63) is 41.2 Å². The van der Waals surface area contributed by atoms with E-state index in [9.17, 15) is 4.79 Å². The number of aromatic nitrogens is 2. The number of carbonyl (C=O) groups excluding carboxylic acids is 1. The summed E-state index contributed by atoms with van der Waals surface area (Å²) in [5.74, 6) is 0.927. The Labute approximate surface area is 109 Å². The third-order valence-electron chi connectivity index (χ3n) is 3.02. The van der Waals surface area contributed by atoms with Crippen LogP contribution in [0.1, 0.15) is 21.6 Å². The molecule has 18 heavy (non-hydrogen) atoms. The van der Waals surface area contributed by atoms with Gasteiger partial charge in [0.2, 0.25) is 0 Å². The van der Waals surface area contributed by atoms with Gasteiger partial charge in [-0.1, -0.05) is 0 Å². The molecule has 0 amide bonds. The average Bonchev–Trinajstić information content (AvgIpc) is 2.93. The molecule has 1 aromatic heterocycles. The molecule has 0 spiro atoms. The molecule has 0 saturated heterocycles. The minimum absolute atomic E-state index is 0.299. The lowest BCUT2D eigenvalue weighted by molar-refractivity contribution is 0.107. The number of fused-ring (bicyclic) bond motifs is 1. The Morgan fingerprint density at radius 2 is 2.33 bits per heavy atom. The highest BCUT2D eigenvalue weighted by molar-refractivity contribution is 6.67. The van der Waals surface area contributed by atoms with E-state index in [-0.39, 0.29) is 0 Å². The first-order valence-corrected chi connectivity index (χ1v) is 6.05. The Morgan fingerprint density at radius 1 is 1.50 bits per heavy atom. The third-order valence-corrected chi connectivity index (χ3v) is 3.20. The number of nitrogens with zero attached hydrogens (tertiary/aromatic N) is 2. The molecule has 92 valence electrons. The number of aryl methyl sites for hydroxylation is 1. The standard InChI is InChI=1S/C13H11ClN2O2/c1-8-7-16(15-12(8)13(14)17)10-2-3-11-9(6-10)4-5-18-11/h2-3,6-7H,4-5H2,1H3. The summed E-state index contributed by atoms with van der Waals surface area (Å²) in [6.45, 7) is 2.54. The maximum absolute atomic E-state index is 11.2. The lowest BCUT2D eigenvalue weighted by Gasteiger charge is -2.03. The summed E-state index contributed by atoms with van der Waals surface area (Å²) < 4.78 is 7.12. The van der Waals surface area contributed by atoms with E-state index in [1.807, 2.05) is 25.1 Å². The van der Waals surface area contributed by atoms with Crippen LogP contribution in [0.4, 0.5) is 0 Å². The fraction of sp³-hybridized carbons (Fsp3) is 0.231. The Hall–Kier alpha value is -1.81. The van der Waals surface area contributed by atoms with Crippen LogP contribution >= 0.6 is 11.6 Å². The molecule has 0 N–H and O–H groups in total. The molecule has 0 unspecified atom stereocenters. The van der Waals surface area contributed by atoms with Gasteiger partial charge in [0.05, 0.1) is 12.3 Å². The van der Waals surface area contributed by atoms with Crippen molar-refractivity contribution in [3.8, 4) is 11.4 Å². The zero-order chi connectivity index (χ0) is 12.7. The predicted molar refractivity (Wildman–Crippen MR) is 67.7 cm³/mol. The summed E-state index contributed by atoms with van der Waals surface area (Å²) >= 11 is 5.47. The number of ether oxygens (including phenoxy) is 1. The lowest BCUT2D eigenvalue weighted by Crippen LogP contribution is -1.98. The topological polar surface area (TPSA) is 44.1 Å². The van der Waals surface area contributed by atoms with Gasteiger partial charge in [-0.25, -0.2) is 4.68 Å². The lowest BCUT2D eigenvalue weighted by atomic mass is 10.1. The van der Waals surface area contributed by atoms with Gasteiger partial charge in [-0.15, -0.1) is 0 Å². The number of carbonyl (C=O) groups is 1. The molecule has 0 radical (unpaired) electrons. The maximum atomic E-state index is 11.2. The smallest absolute Gasteiger partial charge is 0.272 e. The number of hydrogen-bond donors (Lipinski definition) is 0. The van der Waals surface area contributed by atoms with Crippen LogP contribution in [0.3, 0.4) is 0 Å². The van der Waals surface area contributed by atoms with Gasteiger partial charge >= 0.3 is 0 Å². The Bertz CT molecular complexity index is 634. The Balaban J connectivity index is 2.05. The van der Waals surface area contributed by atoms with Crippen molar-refractivity contribution >= 4 is 16.8 Å². The monoisotopic (exact) mass is 262 g/mol. The number of halogens is 1. The molecule has 2 aromatic rings. The minimum atomic E-state index is -0.532. The first-order valence-electron chi connectivity index (χ1n) is 5.67. The Kier molecular flexibility index (Phi) is 2.59. The van der Waals surface area contributed by atoms with E-state index in [4.69, 9.17) is 16.3 Å². The van der Waals surface area contributed by atoms with E-state index in [0.29, 0.717) is 5.69 Å². The van der Waals surface area contributed by atoms with Gasteiger partial charge in [0.25, 0.3) is 5.24 Å². The summed E-state index contributed by atoms with van der Waals surface area (Å²) in [6.07, 6.45) is 2.71. The molecule has 1 aliphatic heterocycles. The number of benzene rings is 1. The van der Waals surface area contributed by atoms with Crippen molar-refractivity contribution in [1.29, 1.82) is 0 Å². The van der Waals surface area contributed by atoms with E-state index >= 15 is 0 Å². The zero-order valence-electron chi connectivity index (χ0n) is 9.81. The summed E-state index contributed by atoms with van der Waals surface area (Å²) in [7, 11) is 0. The summed E-state index contributed by atoms with van der Waals surface area (Å²) in [6, 6.07) is 5.87. The fourth-order valence-corrected chi connectivity index (χ4v) is 2.29. The van der Waals surface area contributed by atoms with Crippen LogP contribution in [0, 0.1) is 6.92 Å². The first-order chi connectivity index (χ1) is 8.65. The molecule has 0 bridgehead atoms. The second-order valence-corrected chi connectivity index (χ2v) is 4.61. The van der Waals surface area contributed by atoms with E-state index in [1.54, 1.807) is 10.9 Å². The zero-order valence-corrected chi connectivity index (χ0v) is 10.6. The minimum Gasteiger partial charge on any atom is -0.493 e. The van der Waals surface area contributed by atoms with Crippen LogP contribution in [-0.4, -0.2) is 21.6 Å². The van der Waals surface area contributed by atoms with Crippen molar-refractivity contribution < 1.29 is 9.53 Å². The SMILES string of the molecule is Cc1cn(-c2ccc3c(c2)CCO3)nc1C(=O)Cl. The molecule has 0 aliphatic carbocycles. The normalized spacial score (nSPS) is 13.2. The van der Waals surface area contributed by atoms with Gasteiger partial charge in [-0.2, -0.15) is 5.10 Å². The van der Waals surface area contributed by atoms with Crippen LogP contribution < -0.4 is 4.74 Å². The molecule has 1 aromatic carbocycles. The van der Waals surface area contributed by atoms with E-state index in [1.165, 1.54) is 5.56 Å². The van der Waals surface area contributed by atoms with Gasteiger partial charge in [0.15, 0.2) is 0 Å². The quantitative estimate of drug-likeness (QED) is 0.781. The second kappa shape index (κ2) is 4.14. The molecule has 2 heterocycles. The van der Waals surface area contributed by atoms with Crippen molar-refractivity contribution in [3.63, 3.8) is 0 Å². The van der Waals surface area contributed by atoms with Crippen molar-refractivity contribution in [1.82, 2.24) is 9.78 Å². The van der Waals surface area contributed by atoms with Crippen LogP contribution in [0.5, 0.6) is 5.75 Å². The molecule has 4 nitrogen and oxygen atoms in total. The Morgan fingerprint density at radius 3 is 3.06 bits per heavy atom.